The van der Waals surface area contributed by atoms with Crippen LogP contribution >= 0.6 is 0 Å². The number of aryl methyl sites for hydroxylation is 1. The zero-order valence-corrected chi connectivity index (χ0v) is 25.2. The van der Waals surface area contributed by atoms with Gasteiger partial charge in [0.25, 0.3) is 11.8 Å². The Kier molecular flexibility index (Phi) is 8.20. The number of fused-ring (bicyclic) bond motifs is 2. The van der Waals surface area contributed by atoms with E-state index >= 15 is 4.39 Å². The molecule has 0 saturated heterocycles. The van der Waals surface area contributed by atoms with Gasteiger partial charge in [0.05, 0.1) is 36.1 Å². The molecule has 2 heterocycles. The number of aromatic nitrogens is 1. The topological polar surface area (TPSA) is 60.8 Å². The van der Waals surface area contributed by atoms with Crippen LogP contribution in [0.15, 0.2) is 84.9 Å². The van der Waals surface area contributed by atoms with Crippen LogP contribution in [0.3, 0.4) is 0 Å². The molecule has 6 rings (SSSR count). The highest BCUT2D eigenvalue weighted by molar-refractivity contribution is 6.21. The second-order valence-electron chi connectivity index (χ2n) is 11.2. The van der Waals surface area contributed by atoms with Gasteiger partial charge in [-0.05, 0) is 85.0 Å². The Morgan fingerprint density at radius 3 is 2.14 bits per heavy atom. The standard InChI is InChI=1S/C37H35FN2O4/c1-4-5-20-44-28-15-17-33-32(22-28)34(38)35(29-16-14-27(43-3)21-24(29)2)40(33)23-26-12-10-25(11-13-26)18-19-39-36(41)30-8-6-7-9-31(30)37(39)42/h6-17,21-22H,4-5,18-20,23H2,1-3H3. The van der Waals surface area contributed by atoms with E-state index in [0.29, 0.717) is 54.1 Å². The first kappa shape index (κ1) is 29.2. The first-order chi connectivity index (χ1) is 21.4. The minimum atomic E-state index is -0.285. The Labute approximate surface area is 256 Å². The van der Waals surface area contributed by atoms with Crippen LogP contribution in [0, 0.1) is 12.7 Å². The van der Waals surface area contributed by atoms with Crippen LogP contribution in [0.5, 0.6) is 11.5 Å². The number of unbranched alkanes of at least 4 members (excludes halogenated alkanes) is 1. The number of hydrogen-bond donors (Lipinski definition) is 0. The molecule has 0 unspecified atom stereocenters. The number of carbonyl (C=O) groups excluding carboxylic acids is 2. The maximum atomic E-state index is 16.3. The van der Waals surface area contributed by atoms with Gasteiger partial charge in [-0.15, -0.1) is 0 Å². The normalized spacial score (nSPS) is 12.7. The molecule has 1 aromatic heterocycles. The van der Waals surface area contributed by atoms with Crippen molar-refractivity contribution in [2.75, 3.05) is 20.3 Å². The number of carbonyl (C=O) groups is 2. The molecule has 0 atom stereocenters. The van der Waals surface area contributed by atoms with Crippen molar-refractivity contribution in [2.24, 2.45) is 0 Å². The fraction of sp³-hybridized carbons (Fsp3) is 0.243. The molecule has 0 fully saturated rings. The summed E-state index contributed by atoms with van der Waals surface area (Å²) in [7, 11) is 1.62. The van der Waals surface area contributed by atoms with E-state index in [1.54, 1.807) is 37.4 Å². The fourth-order valence-electron chi connectivity index (χ4n) is 5.85. The van der Waals surface area contributed by atoms with Gasteiger partial charge >= 0.3 is 0 Å². The fourth-order valence-corrected chi connectivity index (χ4v) is 5.85. The quantitative estimate of drug-likeness (QED) is 0.116. The minimum Gasteiger partial charge on any atom is -0.497 e. The largest absolute Gasteiger partial charge is 0.497 e. The highest BCUT2D eigenvalue weighted by Crippen LogP contribution is 2.37. The van der Waals surface area contributed by atoms with E-state index in [-0.39, 0.29) is 17.6 Å². The summed E-state index contributed by atoms with van der Waals surface area (Å²) in [6, 6.07) is 26.3. The van der Waals surface area contributed by atoms with Gasteiger partial charge in [0, 0.05) is 24.0 Å². The lowest BCUT2D eigenvalue weighted by atomic mass is 10.0. The summed E-state index contributed by atoms with van der Waals surface area (Å²) < 4.78 is 29.6. The number of nitrogens with zero attached hydrogens (tertiary/aromatic N) is 2. The number of rotatable bonds is 11. The summed E-state index contributed by atoms with van der Waals surface area (Å²) in [6.45, 7) is 5.42. The van der Waals surface area contributed by atoms with Crippen LogP contribution in [0.25, 0.3) is 22.2 Å². The van der Waals surface area contributed by atoms with Crippen molar-refractivity contribution >= 4 is 22.7 Å². The summed E-state index contributed by atoms with van der Waals surface area (Å²) >= 11 is 0. The third-order valence-corrected chi connectivity index (χ3v) is 8.29. The smallest absolute Gasteiger partial charge is 0.261 e. The van der Waals surface area contributed by atoms with Crippen LogP contribution in [0.2, 0.25) is 0 Å². The van der Waals surface area contributed by atoms with Crippen LogP contribution in [0.1, 0.15) is 57.2 Å². The molecule has 0 N–H and O–H groups in total. The molecule has 0 bridgehead atoms. The molecule has 5 aromatic rings. The van der Waals surface area contributed by atoms with Crippen LogP contribution in [-0.2, 0) is 13.0 Å². The van der Waals surface area contributed by atoms with Crippen molar-refractivity contribution in [3.05, 3.63) is 119 Å². The number of benzene rings is 4. The van der Waals surface area contributed by atoms with Crippen molar-refractivity contribution in [2.45, 2.75) is 39.7 Å². The van der Waals surface area contributed by atoms with Gasteiger partial charge in [0.15, 0.2) is 5.82 Å². The first-order valence-corrected chi connectivity index (χ1v) is 15.0. The SMILES string of the molecule is CCCCOc1ccc2c(c1)c(F)c(-c1ccc(OC)cc1C)n2Cc1ccc(CCN2C(=O)c3ccccc3C2=O)cc1. The van der Waals surface area contributed by atoms with E-state index in [1.165, 1.54) is 4.90 Å². The summed E-state index contributed by atoms with van der Waals surface area (Å²) in [5.41, 5.74) is 5.94. The molecule has 0 spiro atoms. The molecule has 0 radical (unpaired) electrons. The van der Waals surface area contributed by atoms with Crippen molar-refractivity contribution in [3.63, 3.8) is 0 Å². The average molecular weight is 591 g/mol. The van der Waals surface area contributed by atoms with E-state index in [1.807, 2.05) is 66.1 Å². The zero-order chi connectivity index (χ0) is 30.8. The van der Waals surface area contributed by atoms with E-state index in [9.17, 15) is 9.59 Å². The maximum absolute atomic E-state index is 16.3. The molecule has 7 heteroatoms. The molecule has 6 nitrogen and oxygen atoms in total. The third kappa shape index (κ3) is 5.46. The van der Waals surface area contributed by atoms with Gasteiger partial charge in [0.2, 0.25) is 0 Å². The van der Waals surface area contributed by atoms with E-state index in [0.717, 1.165) is 46.4 Å². The maximum Gasteiger partial charge on any atom is 0.261 e. The van der Waals surface area contributed by atoms with Crippen molar-refractivity contribution in [3.8, 4) is 22.8 Å². The van der Waals surface area contributed by atoms with Gasteiger partial charge in [-0.2, -0.15) is 0 Å². The Hall–Kier alpha value is -4.91. The molecule has 44 heavy (non-hydrogen) atoms. The van der Waals surface area contributed by atoms with E-state index in [4.69, 9.17) is 9.47 Å². The molecule has 4 aromatic carbocycles. The Bertz CT molecular complexity index is 1820. The molecule has 1 aliphatic heterocycles. The van der Waals surface area contributed by atoms with Crippen molar-refractivity contribution in [1.29, 1.82) is 0 Å². The summed E-state index contributed by atoms with van der Waals surface area (Å²) in [6.07, 6.45) is 2.51. The number of halogens is 1. The first-order valence-electron chi connectivity index (χ1n) is 15.0. The molecular formula is C37H35FN2O4. The number of imide groups is 1. The number of ether oxygens (including phenoxy) is 2. The van der Waals surface area contributed by atoms with Gasteiger partial charge in [-0.25, -0.2) is 4.39 Å². The second kappa shape index (κ2) is 12.4. The lowest BCUT2D eigenvalue weighted by Gasteiger charge is -2.15. The van der Waals surface area contributed by atoms with Gasteiger partial charge in [-0.3, -0.25) is 14.5 Å². The molecule has 1 aliphatic rings. The minimum absolute atomic E-state index is 0.246. The predicted octanol–water partition coefficient (Wildman–Crippen LogP) is 7.83. The summed E-state index contributed by atoms with van der Waals surface area (Å²) in [4.78, 5) is 26.8. The number of hydrogen-bond acceptors (Lipinski definition) is 4. The molecule has 0 aliphatic carbocycles. The average Bonchev–Trinajstić information content (AvgIpc) is 3.45. The zero-order valence-electron chi connectivity index (χ0n) is 25.2. The highest BCUT2D eigenvalue weighted by Gasteiger charge is 2.34. The Morgan fingerprint density at radius 1 is 0.795 bits per heavy atom. The van der Waals surface area contributed by atoms with Crippen LogP contribution < -0.4 is 9.47 Å². The number of amides is 2. The van der Waals surface area contributed by atoms with Crippen molar-refractivity contribution in [1.82, 2.24) is 9.47 Å². The molecule has 2 amide bonds. The third-order valence-electron chi connectivity index (χ3n) is 8.29. The second-order valence-corrected chi connectivity index (χ2v) is 11.2. The number of methoxy groups -OCH3 is 1. The summed E-state index contributed by atoms with van der Waals surface area (Å²) in [5, 5.41) is 0.516. The van der Waals surface area contributed by atoms with Crippen LogP contribution in [-0.4, -0.2) is 41.5 Å². The van der Waals surface area contributed by atoms with E-state index < -0.39 is 0 Å². The monoisotopic (exact) mass is 590 g/mol. The van der Waals surface area contributed by atoms with Gasteiger partial charge in [-0.1, -0.05) is 49.7 Å². The highest BCUT2D eigenvalue weighted by atomic mass is 19.1. The summed E-state index contributed by atoms with van der Waals surface area (Å²) in [5.74, 6) is 0.597. The molecule has 0 saturated carbocycles. The van der Waals surface area contributed by atoms with Gasteiger partial charge < -0.3 is 14.0 Å². The van der Waals surface area contributed by atoms with Crippen molar-refractivity contribution < 1.29 is 23.5 Å². The van der Waals surface area contributed by atoms with E-state index in [2.05, 4.69) is 6.92 Å². The molecular weight excluding hydrogens is 555 g/mol. The lowest BCUT2D eigenvalue weighted by molar-refractivity contribution is 0.0656. The Morgan fingerprint density at radius 2 is 1.48 bits per heavy atom. The lowest BCUT2D eigenvalue weighted by Crippen LogP contribution is -2.31. The van der Waals surface area contributed by atoms with Gasteiger partial charge in [0.1, 0.15) is 11.5 Å². The Balaban J connectivity index is 1.27. The van der Waals surface area contributed by atoms with Crippen LogP contribution in [0.4, 0.5) is 4.39 Å². The predicted molar refractivity (Wildman–Crippen MR) is 170 cm³/mol. The molecule has 224 valence electrons.